The van der Waals surface area contributed by atoms with E-state index >= 15 is 0 Å². The SMILES string of the molecule is COCCOCCOCCNCc1nc(C)cs1. The number of ether oxygens (including phenoxy) is 3. The Morgan fingerprint density at radius 1 is 1.17 bits per heavy atom. The predicted molar refractivity (Wildman–Crippen MR) is 72.1 cm³/mol. The number of hydrogen-bond donors (Lipinski definition) is 1. The van der Waals surface area contributed by atoms with E-state index < -0.39 is 0 Å². The van der Waals surface area contributed by atoms with Crippen molar-refractivity contribution in [3.8, 4) is 0 Å². The maximum absolute atomic E-state index is 5.41. The summed E-state index contributed by atoms with van der Waals surface area (Å²) in [5.41, 5.74) is 1.08. The Hall–Kier alpha value is -0.530. The topological polar surface area (TPSA) is 52.6 Å². The Labute approximate surface area is 112 Å². The number of hydrogen-bond acceptors (Lipinski definition) is 6. The first kappa shape index (κ1) is 15.5. The van der Waals surface area contributed by atoms with Crippen LogP contribution in [0.4, 0.5) is 0 Å². The highest BCUT2D eigenvalue weighted by molar-refractivity contribution is 7.09. The molecule has 6 heteroatoms. The zero-order valence-electron chi connectivity index (χ0n) is 11.1. The van der Waals surface area contributed by atoms with Crippen molar-refractivity contribution in [3.05, 3.63) is 16.1 Å². The molecule has 0 aromatic carbocycles. The molecule has 0 atom stereocenters. The van der Waals surface area contributed by atoms with Crippen molar-refractivity contribution < 1.29 is 14.2 Å². The van der Waals surface area contributed by atoms with Crippen LogP contribution in [-0.4, -0.2) is 51.7 Å². The summed E-state index contributed by atoms with van der Waals surface area (Å²) in [7, 11) is 1.66. The molecule has 1 aromatic heterocycles. The molecule has 1 N–H and O–H groups in total. The standard InChI is InChI=1S/C12H22N2O3S/c1-11-10-18-12(14-11)9-13-3-4-16-7-8-17-6-5-15-2/h10,13H,3-9H2,1-2H3. The summed E-state index contributed by atoms with van der Waals surface area (Å²) in [4.78, 5) is 4.37. The highest BCUT2D eigenvalue weighted by atomic mass is 32.1. The van der Waals surface area contributed by atoms with Gasteiger partial charge in [-0.1, -0.05) is 0 Å². The lowest BCUT2D eigenvalue weighted by molar-refractivity contribution is 0.0255. The number of methoxy groups -OCH3 is 1. The normalized spacial score (nSPS) is 11.0. The van der Waals surface area contributed by atoms with E-state index in [4.69, 9.17) is 14.2 Å². The Bertz CT molecular complexity index is 307. The van der Waals surface area contributed by atoms with Crippen LogP contribution in [0, 0.1) is 6.92 Å². The second-order valence-electron chi connectivity index (χ2n) is 3.78. The number of nitrogens with one attached hydrogen (secondary N) is 1. The van der Waals surface area contributed by atoms with Crippen molar-refractivity contribution in [1.82, 2.24) is 10.3 Å². The quantitative estimate of drug-likeness (QED) is 0.615. The van der Waals surface area contributed by atoms with Crippen LogP contribution < -0.4 is 5.32 Å². The molecule has 0 fully saturated rings. The third kappa shape index (κ3) is 7.73. The number of nitrogens with zero attached hydrogens (tertiary/aromatic N) is 1. The second kappa shape index (κ2) is 10.4. The molecular weight excluding hydrogens is 252 g/mol. The number of aryl methyl sites for hydroxylation is 1. The van der Waals surface area contributed by atoms with E-state index in [1.165, 1.54) is 0 Å². The summed E-state index contributed by atoms with van der Waals surface area (Å²) in [6, 6.07) is 0. The minimum absolute atomic E-state index is 0.620. The fourth-order valence-corrected chi connectivity index (χ4v) is 2.03. The maximum Gasteiger partial charge on any atom is 0.107 e. The molecule has 1 rings (SSSR count). The highest BCUT2D eigenvalue weighted by Gasteiger charge is 1.97. The second-order valence-corrected chi connectivity index (χ2v) is 4.72. The predicted octanol–water partition coefficient (Wildman–Crippen LogP) is 1.22. The van der Waals surface area contributed by atoms with Gasteiger partial charge in [-0.25, -0.2) is 4.98 Å². The third-order valence-electron chi connectivity index (χ3n) is 2.17. The number of thiazole rings is 1. The summed E-state index contributed by atoms with van der Waals surface area (Å²) in [5, 5.41) is 6.47. The van der Waals surface area contributed by atoms with E-state index in [1.54, 1.807) is 18.4 Å². The van der Waals surface area contributed by atoms with Gasteiger partial charge >= 0.3 is 0 Å². The fraction of sp³-hybridized carbons (Fsp3) is 0.750. The molecule has 0 saturated heterocycles. The molecule has 18 heavy (non-hydrogen) atoms. The lowest BCUT2D eigenvalue weighted by Crippen LogP contribution is -2.20. The van der Waals surface area contributed by atoms with Gasteiger partial charge in [0.2, 0.25) is 0 Å². The van der Waals surface area contributed by atoms with E-state index in [1.807, 2.05) is 6.92 Å². The number of aromatic nitrogens is 1. The van der Waals surface area contributed by atoms with Gasteiger partial charge in [0, 0.05) is 31.3 Å². The zero-order valence-corrected chi connectivity index (χ0v) is 11.9. The van der Waals surface area contributed by atoms with Gasteiger partial charge in [-0.15, -0.1) is 11.3 Å². The first-order valence-corrected chi connectivity index (χ1v) is 6.97. The van der Waals surface area contributed by atoms with Crippen LogP contribution in [0.1, 0.15) is 10.7 Å². The fourth-order valence-electron chi connectivity index (χ4n) is 1.29. The largest absolute Gasteiger partial charge is 0.382 e. The van der Waals surface area contributed by atoms with E-state index in [-0.39, 0.29) is 0 Å². The first-order chi connectivity index (χ1) is 8.83. The molecule has 5 nitrogen and oxygen atoms in total. The monoisotopic (exact) mass is 274 g/mol. The molecule has 0 aliphatic heterocycles. The molecule has 0 spiro atoms. The molecule has 1 aromatic rings. The van der Waals surface area contributed by atoms with Gasteiger partial charge in [-0.2, -0.15) is 0 Å². The highest BCUT2D eigenvalue weighted by Crippen LogP contribution is 2.07. The average molecular weight is 274 g/mol. The molecule has 0 amide bonds. The molecule has 0 aliphatic rings. The van der Waals surface area contributed by atoms with Crippen molar-refractivity contribution in [2.75, 3.05) is 46.7 Å². The molecule has 0 bridgehead atoms. The van der Waals surface area contributed by atoms with Crippen LogP contribution >= 0.6 is 11.3 Å². The smallest absolute Gasteiger partial charge is 0.107 e. The first-order valence-electron chi connectivity index (χ1n) is 6.09. The van der Waals surface area contributed by atoms with E-state index in [0.29, 0.717) is 33.0 Å². The zero-order chi connectivity index (χ0) is 13.1. The van der Waals surface area contributed by atoms with Gasteiger partial charge in [0.15, 0.2) is 0 Å². The van der Waals surface area contributed by atoms with Crippen molar-refractivity contribution >= 4 is 11.3 Å². The average Bonchev–Trinajstić information content (AvgIpc) is 2.77. The molecule has 0 saturated carbocycles. The van der Waals surface area contributed by atoms with Crippen molar-refractivity contribution in [1.29, 1.82) is 0 Å². The Kier molecular flexibility index (Phi) is 8.97. The maximum atomic E-state index is 5.41. The number of rotatable bonds is 11. The summed E-state index contributed by atoms with van der Waals surface area (Å²) in [6.07, 6.45) is 0. The minimum atomic E-state index is 0.620. The summed E-state index contributed by atoms with van der Waals surface area (Å²) < 4.78 is 15.6. The van der Waals surface area contributed by atoms with Gasteiger partial charge in [0.25, 0.3) is 0 Å². The van der Waals surface area contributed by atoms with Gasteiger partial charge in [0.1, 0.15) is 5.01 Å². The van der Waals surface area contributed by atoms with Gasteiger partial charge in [-0.05, 0) is 6.92 Å². The van der Waals surface area contributed by atoms with Crippen LogP contribution in [0.15, 0.2) is 5.38 Å². The van der Waals surface area contributed by atoms with Crippen LogP contribution in [0.5, 0.6) is 0 Å². The Balaban J connectivity index is 1.81. The molecule has 104 valence electrons. The molecule has 0 aliphatic carbocycles. The molecule has 0 unspecified atom stereocenters. The molecule has 0 radical (unpaired) electrons. The van der Waals surface area contributed by atoms with E-state index in [2.05, 4.69) is 15.7 Å². The Morgan fingerprint density at radius 2 is 1.89 bits per heavy atom. The van der Waals surface area contributed by atoms with Crippen LogP contribution in [-0.2, 0) is 20.8 Å². The van der Waals surface area contributed by atoms with Crippen LogP contribution in [0.2, 0.25) is 0 Å². The minimum Gasteiger partial charge on any atom is -0.382 e. The molecule has 1 heterocycles. The lowest BCUT2D eigenvalue weighted by Gasteiger charge is -2.06. The summed E-state index contributed by atoms with van der Waals surface area (Å²) in [5.74, 6) is 0. The molecular formula is C12H22N2O3S. The van der Waals surface area contributed by atoms with E-state index in [9.17, 15) is 0 Å². The third-order valence-corrected chi connectivity index (χ3v) is 3.14. The van der Waals surface area contributed by atoms with E-state index in [0.717, 1.165) is 23.8 Å². The van der Waals surface area contributed by atoms with Crippen molar-refractivity contribution in [2.45, 2.75) is 13.5 Å². The van der Waals surface area contributed by atoms with Gasteiger partial charge in [-0.3, -0.25) is 0 Å². The Morgan fingerprint density at radius 3 is 2.56 bits per heavy atom. The van der Waals surface area contributed by atoms with Crippen molar-refractivity contribution in [2.24, 2.45) is 0 Å². The lowest BCUT2D eigenvalue weighted by atomic mass is 10.5. The van der Waals surface area contributed by atoms with Gasteiger partial charge < -0.3 is 19.5 Å². The van der Waals surface area contributed by atoms with Crippen LogP contribution in [0.25, 0.3) is 0 Å². The van der Waals surface area contributed by atoms with Crippen LogP contribution in [0.3, 0.4) is 0 Å². The summed E-state index contributed by atoms with van der Waals surface area (Å²) >= 11 is 1.68. The van der Waals surface area contributed by atoms with Crippen molar-refractivity contribution in [3.63, 3.8) is 0 Å². The summed E-state index contributed by atoms with van der Waals surface area (Å²) in [6.45, 7) is 6.85. The van der Waals surface area contributed by atoms with Gasteiger partial charge in [0.05, 0.1) is 33.0 Å².